The van der Waals surface area contributed by atoms with Gasteiger partial charge in [-0.3, -0.25) is 4.90 Å². The van der Waals surface area contributed by atoms with Gasteiger partial charge in [0.05, 0.1) is 6.54 Å². The molecule has 5 heteroatoms. The second-order valence-electron chi connectivity index (χ2n) is 6.87. The Labute approximate surface area is 122 Å². The van der Waals surface area contributed by atoms with Crippen LogP contribution in [0.2, 0.25) is 0 Å². The second-order valence-corrected chi connectivity index (χ2v) is 6.87. The molecule has 0 unspecified atom stereocenters. The van der Waals surface area contributed by atoms with Crippen LogP contribution in [0.3, 0.4) is 0 Å². The van der Waals surface area contributed by atoms with Crippen molar-refractivity contribution in [1.29, 1.82) is 0 Å². The normalized spacial score (nSPS) is 18.6. The molecule has 2 rings (SSSR count). The Balaban J connectivity index is 1.79. The van der Waals surface area contributed by atoms with Gasteiger partial charge in [0, 0.05) is 5.41 Å². The van der Waals surface area contributed by atoms with Crippen LogP contribution in [0, 0.1) is 5.92 Å². The number of aromatic nitrogens is 2. The fourth-order valence-electron chi connectivity index (χ4n) is 2.60. The maximum Gasteiger partial charge on any atom is 0.240 e. The molecule has 0 spiro atoms. The van der Waals surface area contributed by atoms with E-state index in [9.17, 15) is 0 Å². The van der Waals surface area contributed by atoms with Crippen molar-refractivity contribution >= 4 is 0 Å². The standard InChI is InChI=1S/C15H28N4O/c1-15(2,3)14-17-13(20-18-14)11-19-9-6-12(7-10-19)5-8-16-4/h12,16H,5-11H2,1-4H3. The van der Waals surface area contributed by atoms with Crippen LogP contribution in [0.25, 0.3) is 0 Å². The van der Waals surface area contributed by atoms with Crippen LogP contribution in [0.5, 0.6) is 0 Å². The van der Waals surface area contributed by atoms with Gasteiger partial charge < -0.3 is 9.84 Å². The van der Waals surface area contributed by atoms with E-state index in [1.54, 1.807) is 0 Å². The summed E-state index contributed by atoms with van der Waals surface area (Å²) >= 11 is 0. The first-order chi connectivity index (χ1) is 9.49. The molecule has 5 nitrogen and oxygen atoms in total. The van der Waals surface area contributed by atoms with E-state index in [1.807, 2.05) is 7.05 Å². The number of hydrogen-bond acceptors (Lipinski definition) is 5. The second kappa shape index (κ2) is 6.68. The fourth-order valence-corrected chi connectivity index (χ4v) is 2.60. The van der Waals surface area contributed by atoms with Crippen molar-refractivity contribution in [2.45, 2.75) is 52.0 Å². The highest BCUT2D eigenvalue weighted by molar-refractivity contribution is 5.00. The van der Waals surface area contributed by atoms with E-state index in [-0.39, 0.29) is 5.41 Å². The lowest BCUT2D eigenvalue weighted by Crippen LogP contribution is -2.34. The van der Waals surface area contributed by atoms with Crippen LogP contribution in [0.15, 0.2) is 4.52 Å². The molecule has 1 aromatic rings. The third kappa shape index (κ3) is 4.28. The summed E-state index contributed by atoms with van der Waals surface area (Å²) in [5.41, 5.74) is -0.0398. The summed E-state index contributed by atoms with van der Waals surface area (Å²) < 4.78 is 5.37. The summed E-state index contributed by atoms with van der Waals surface area (Å²) in [6.45, 7) is 10.5. The van der Waals surface area contributed by atoms with Crippen molar-refractivity contribution in [2.75, 3.05) is 26.7 Å². The van der Waals surface area contributed by atoms with Crippen LogP contribution >= 0.6 is 0 Å². The first-order valence-electron chi connectivity index (χ1n) is 7.69. The van der Waals surface area contributed by atoms with E-state index in [1.165, 1.54) is 19.3 Å². The SMILES string of the molecule is CNCCC1CCN(Cc2nc(C(C)(C)C)no2)CC1. The Morgan fingerprint density at radius 1 is 1.30 bits per heavy atom. The number of nitrogens with zero attached hydrogens (tertiary/aromatic N) is 3. The molecule has 0 amide bonds. The summed E-state index contributed by atoms with van der Waals surface area (Å²) in [6.07, 6.45) is 3.85. The van der Waals surface area contributed by atoms with Crippen LogP contribution in [-0.4, -0.2) is 41.7 Å². The zero-order valence-electron chi connectivity index (χ0n) is 13.3. The summed E-state index contributed by atoms with van der Waals surface area (Å²) in [5.74, 6) is 2.42. The van der Waals surface area contributed by atoms with Crippen molar-refractivity contribution in [3.63, 3.8) is 0 Å². The molecule has 1 aliphatic rings. The molecule has 0 atom stereocenters. The van der Waals surface area contributed by atoms with E-state index in [0.29, 0.717) is 0 Å². The Kier molecular flexibility index (Phi) is 5.16. The average molecular weight is 280 g/mol. The maximum atomic E-state index is 5.37. The molecule has 1 N–H and O–H groups in total. The highest BCUT2D eigenvalue weighted by atomic mass is 16.5. The smallest absolute Gasteiger partial charge is 0.240 e. The summed E-state index contributed by atoms with van der Waals surface area (Å²) in [6, 6.07) is 0. The molecule has 1 aliphatic heterocycles. The molecule has 114 valence electrons. The quantitative estimate of drug-likeness (QED) is 0.896. The van der Waals surface area contributed by atoms with Crippen LogP contribution in [-0.2, 0) is 12.0 Å². The summed E-state index contributed by atoms with van der Waals surface area (Å²) in [5, 5.41) is 7.32. The summed E-state index contributed by atoms with van der Waals surface area (Å²) in [7, 11) is 2.03. The zero-order valence-corrected chi connectivity index (χ0v) is 13.3. The Bertz CT molecular complexity index is 402. The first-order valence-corrected chi connectivity index (χ1v) is 7.69. The average Bonchev–Trinajstić information content (AvgIpc) is 2.86. The molecule has 2 heterocycles. The molecule has 1 fully saturated rings. The van der Waals surface area contributed by atoms with Gasteiger partial charge >= 0.3 is 0 Å². The molecule has 0 aliphatic carbocycles. The van der Waals surface area contributed by atoms with Crippen LogP contribution < -0.4 is 5.32 Å². The summed E-state index contributed by atoms with van der Waals surface area (Å²) in [4.78, 5) is 6.94. The fraction of sp³-hybridized carbons (Fsp3) is 0.867. The van der Waals surface area contributed by atoms with Gasteiger partial charge in [-0.1, -0.05) is 25.9 Å². The molecular formula is C15H28N4O. The monoisotopic (exact) mass is 280 g/mol. The molecule has 0 radical (unpaired) electrons. The van der Waals surface area contributed by atoms with Gasteiger partial charge in [0.15, 0.2) is 5.82 Å². The third-order valence-corrected chi connectivity index (χ3v) is 4.01. The highest BCUT2D eigenvalue weighted by Gasteiger charge is 2.23. The van der Waals surface area contributed by atoms with Crippen molar-refractivity contribution < 1.29 is 4.52 Å². The van der Waals surface area contributed by atoms with E-state index >= 15 is 0 Å². The van der Waals surface area contributed by atoms with Crippen LogP contribution in [0.4, 0.5) is 0 Å². The largest absolute Gasteiger partial charge is 0.338 e. The van der Waals surface area contributed by atoms with E-state index in [0.717, 1.165) is 43.8 Å². The van der Waals surface area contributed by atoms with Gasteiger partial charge in [-0.05, 0) is 51.9 Å². The maximum absolute atomic E-state index is 5.37. The van der Waals surface area contributed by atoms with E-state index in [2.05, 4.69) is 41.1 Å². The van der Waals surface area contributed by atoms with Crippen LogP contribution in [0.1, 0.15) is 51.7 Å². The van der Waals surface area contributed by atoms with Gasteiger partial charge in [0.2, 0.25) is 5.89 Å². The van der Waals surface area contributed by atoms with Crippen molar-refractivity contribution in [3.05, 3.63) is 11.7 Å². The van der Waals surface area contributed by atoms with Gasteiger partial charge in [-0.15, -0.1) is 0 Å². The third-order valence-electron chi connectivity index (χ3n) is 4.01. The lowest BCUT2D eigenvalue weighted by molar-refractivity contribution is 0.155. The van der Waals surface area contributed by atoms with Crippen molar-refractivity contribution in [1.82, 2.24) is 20.4 Å². The van der Waals surface area contributed by atoms with E-state index < -0.39 is 0 Å². The zero-order chi connectivity index (χ0) is 14.6. The molecule has 20 heavy (non-hydrogen) atoms. The number of likely N-dealkylation sites (tertiary alicyclic amines) is 1. The molecule has 0 aromatic carbocycles. The minimum Gasteiger partial charge on any atom is -0.338 e. The molecule has 1 aromatic heterocycles. The Hall–Kier alpha value is -0.940. The predicted octanol–water partition coefficient (Wildman–Crippen LogP) is 2.19. The Morgan fingerprint density at radius 2 is 2.00 bits per heavy atom. The van der Waals surface area contributed by atoms with Gasteiger partial charge in [-0.2, -0.15) is 4.98 Å². The van der Waals surface area contributed by atoms with Gasteiger partial charge in [0.25, 0.3) is 0 Å². The predicted molar refractivity (Wildman–Crippen MR) is 79.5 cm³/mol. The minimum atomic E-state index is -0.0398. The molecule has 0 saturated carbocycles. The van der Waals surface area contributed by atoms with Gasteiger partial charge in [-0.25, -0.2) is 0 Å². The number of hydrogen-bond donors (Lipinski definition) is 1. The topological polar surface area (TPSA) is 54.2 Å². The minimum absolute atomic E-state index is 0.0398. The van der Waals surface area contributed by atoms with Crippen molar-refractivity contribution in [2.24, 2.45) is 5.92 Å². The number of rotatable bonds is 5. The molecule has 1 saturated heterocycles. The number of nitrogens with one attached hydrogen (secondary N) is 1. The van der Waals surface area contributed by atoms with Crippen molar-refractivity contribution in [3.8, 4) is 0 Å². The first kappa shape index (κ1) is 15.4. The molecule has 0 bridgehead atoms. The highest BCUT2D eigenvalue weighted by Crippen LogP contribution is 2.22. The molecular weight excluding hydrogens is 252 g/mol. The lowest BCUT2D eigenvalue weighted by atomic mass is 9.93. The number of piperidine rings is 1. The lowest BCUT2D eigenvalue weighted by Gasteiger charge is -2.30. The van der Waals surface area contributed by atoms with Gasteiger partial charge in [0.1, 0.15) is 0 Å². The van der Waals surface area contributed by atoms with E-state index in [4.69, 9.17) is 4.52 Å². The Morgan fingerprint density at radius 3 is 2.55 bits per heavy atom.